The minimum atomic E-state index is -4.47. The topological polar surface area (TPSA) is 105 Å². The molecule has 9 nitrogen and oxygen atoms in total. The highest BCUT2D eigenvalue weighted by Gasteiger charge is 2.32. The molecule has 0 aliphatic carbocycles. The molecule has 0 saturated carbocycles. The number of rotatable bonds is 4. The molecule has 0 bridgehead atoms. The van der Waals surface area contributed by atoms with Gasteiger partial charge in [-0.05, 0) is 48.5 Å². The first kappa shape index (κ1) is 17.5. The van der Waals surface area contributed by atoms with Crippen LogP contribution in [-0.4, -0.2) is 34.9 Å². The minimum Gasteiger partial charge on any atom is -0.258 e. The van der Waals surface area contributed by atoms with Gasteiger partial charge in [0.25, 0.3) is 0 Å². The van der Waals surface area contributed by atoms with Crippen molar-refractivity contribution in [2.75, 3.05) is 0 Å². The minimum absolute atomic E-state index is 0.0129. The van der Waals surface area contributed by atoms with Crippen molar-refractivity contribution in [1.82, 2.24) is 30.0 Å². The summed E-state index contributed by atoms with van der Waals surface area (Å²) in [5.74, 6) is 0.0129. The van der Waals surface area contributed by atoms with Crippen LogP contribution in [0, 0.1) is 17.0 Å². The smallest absolute Gasteiger partial charge is 0.258 e. The van der Waals surface area contributed by atoms with Crippen LogP contribution < -0.4 is 0 Å². The lowest BCUT2D eigenvalue weighted by Gasteiger charge is -2.09. The van der Waals surface area contributed by atoms with E-state index in [1.807, 2.05) is 0 Å². The maximum atomic E-state index is 12.7. The van der Waals surface area contributed by atoms with Gasteiger partial charge in [-0.2, -0.15) is 23.0 Å². The highest BCUT2D eigenvalue weighted by atomic mass is 19.4. The van der Waals surface area contributed by atoms with E-state index >= 15 is 0 Å². The van der Waals surface area contributed by atoms with Crippen molar-refractivity contribution < 1.29 is 18.1 Å². The van der Waals surface area contributed by atoms with Crippen LogP contribution in [0.15, 0.2) is 24.3 Å². The summed E-state index contributed by atoms with van der Waals surface area (Å²) < 4.78 is 40.7. The van der Waals surface area contributed by atoms with Gasteiger partial charge in [-0.1, -0.05) is 0 Å². The average Bonchev–Trinajstić information content (AvgIpc) is 3.17. The number of alkyl halides is 3. The summed E-state index contributed by atoms with van der Waals surface area (Å²) in [7, 11) is 0. The Morgan fingerprint density at radius 2 is 1.88 bits per heavy atom. The first-order chi connectivity index (χ1) is 12.2. The maximum absolute atomic E-state index is 12.7. The third kappa shape index (κ3) is 2.89. The zero-order chi connectivity index (χ0) is 19.1. The summed E-state index contributed by atoms with van der Waals surface area (Å²) in [6, 6.07) is 4.15. The predicted molar refractivity (Wildman–Crippen MR) is 82.4 cm³/mol. The van der Waals surface area contributed by atoms with E-state index in [0.29, 0.717) is 6.54 Å². The lowest BCUT2D eigenvalue weighted by atomic mass is 10.2. The number of halogens is 3. The molecule has 1 aromatic carbocycles. The molecular weight excluding hydrogens is 355 g/mol. The van der Waals surface area contributed by atoms with Crippen molar-refractivity contribution >= 4 is 5.69 Å². The first-order valence-corrected chi connectivity index (χ1v) is 7.42. The molecule has 0 spiro atoms. The molecule has 2 heterocycles. The molecule has 0 atom stereocenters. The van der Waals surface area contributed by atoms with Crippen molar-refractivity contribution in [3.8, 4) is 17.2 Å². The number of benzene rings is 1. The third-order valence-electron chi connectivity index (χ3n) is 3.70. The summed E-state index contributed by atoms with van der Waals surface area (Å²) in [4.78, 5) is 10.8. The number of aryl methyl sites for hydroxylation is 2. The molecule has 136 valence electrons. The molecular formula is C14H12F3N7O2. The Morgan fingerprint density at radius 1 is 1.23 bits per heavy atom. The van der Waals surface area contributed by atoms with Crippen LogP contribution in [0.4, 0.5) is 18.9 Å². The predicted octanol–water partition coefficient (Wildman–Crippen LogP) is 2.78. The quantitative estimate of drug-likeness (QED) is 0.519. The summed E-state index contributed by atoms with van der Waals surface area (Å²) in [6.07, 6.45) is -4.47. The van der Waals surface area contributed by atoms with Crippen LogP contribution in [-0.2, 0) is 12.7 Å². The zero-order valence-corrected chi connectivity index (χ0v) is 13.6. The van der Waals surface area contributed by atoms with Crippen molar-refractivity contribution in [2.24, 2.45) is 0 Å². The van der Waals surface area contributed by atoms with Crippen LogP contribution >= 0.6 is 0 Å². The van der Waals surface area contributed by atoms with Crippen LogP contribution in [0.25, 0.3) is 17.2 Å². The molecule has 12 heteroatoms. The van der Waals surface area contributed by atoms with Crippen LogP contribution in [0.2, 0.25) is 0 Å². The van der Waals surface area contributed by atoms with Gasteiger partial charge in [0.05, 0.1) is 16.2 Å². The zero-order valence-electron chi connectivity index (χ0n) is 13.6. The first-order valence-electron chi connectivity index (χ1n) is 7.42. The van der Waals surface area contributed by atoms with Crippen LogP contribution in [0.5, 0.6) is 0 Å². The van der Waals surface area contributed by atoms with Crippen LogP contribution in [0.1, 0.15) is 18.2 Å². The van der Waals surface area contributed by atoms with Crippen molar-refractivity contribution in [3.05, 3.63) is 45.6 Å². The second-order valence-electron chi connectivity index (χ2n) is 5.31. The van der Waals surface area contributed by atoms with Gasteiger partial charge in [-0.15, -0.1) is 5.10 Å². The Balaban J connectivity index is 2.15. The van der Waals surface area contributed by atoms with Gasteiger partial charge < -0.3 is 0 Å². The molecule has 0 fully saturated rings. The normalized spacial score (nSPS) is 11.7. The van der Waals surface area contributed by atoms with Gasteiger partial charge >= 0.3 is 11.9 Å². The number of aromatic nitrogens is 6. The highest BCUT2D eigenvalue weighted by Crippen LogP contribution is 2.33. The Morgan fingerprint density at radius 3 is 2.42 bits per heavy atom. The molecule has 0 unspecified atom stereocenters. The largest absolute Gasteiger partial charge is 0.416 e. The van der Waals surface area contributed by atoms with E-state index in [-0.39, 0.29) is 28.6 Å². The van der Waals surface area contributed by atoms with Crippen molar-refractivity contribution in [2.45, 2.75) is 26.6 Å². The molecule has 0 aliphatic rings. The standard InChI is InChI=1S/C14H12F3N7O2/c1-3-22-12(11(24(25)26)8(2)19-22)13-18-20-21-23(13)10-6-4-9(5-7-10)14(15,16)17/h4-7H,3H2,1-2H3. The molecule has 0 aliphatic heterocycles. The van der Waals surface area contributed by atoms with E-state index in [2.05, 4.69) is 20.6 Å². The SMILES string of the molecule is CCn1nc(C)c([N+](=O)[O-])c1-c1nnnn1-c1ccc(C(F)(F)F)cc1. The summed E-state index contributed by atoms with van der Waals surface area (Å²) in [6.45, 7) is 3.55. The van der Waals surface area contributed by atoms with E-state index in [0.717, 1.165) is 16.8 Å². The number of nitrogens with zero attached hydrogens (tertiary/aromatic N) is 7. The second-order valence-corrected chi connectivity index (χ2v) is 5.31. The van der Waals surface area contributed by atoms with Crippen LogP contribution in [0.3, 0.4) is 0 Å². The lowest BCUT2D eigenvalue weighted by molar-refractivity contribution is -0.384. The Hall–Kier alpha value is -3.31. The lowest BCUT2D eigenvalue weighted by Crippen LogP contribution is -2.08. The Labute approximate surface area is 144 Å². The van der Waals surface area contributed by atoms with Gasteiger partial charge in [0.2, 0.25) is 5.82 Å². The van der Waals surface area contributed by atoms with Crippen molar-refractivity contribution in [3.63, 3.8) is 0 Å². The van der Waals surface area contributed by atoms with Gasteiger partial charge in [0, 0.05) is 6.54 Å². The summed E-state index contributed by atoms with van der Waals surface area (Å²) >= 11 is 0. The molecule has 3 aromatic rings. The Bertz CT molecular complexity index is 960. The van der Waals surface area contributed by atoms with E-state index in [4.69, 9.17) is 0 Å². The molecule has 2 aromatic heterocycles. The van der Waals surface area contributed by atoms with E-state index in [1.54, 1.807) is 6.92 Å². The summed E-state index contributed by atoms with van der Waals surface area (Å²) in [5, 5.41) is 26.6. The third-order valence-corrected chi connectivity index (χ3v) is 3.70. The van der Waals surface area contributed by atoms with E-state index in [9.17, 15) is 23.3 Å². The number of hydrogen-bond acceptors (Lipinski definition) is 6. The fourth-order valence-corrected chi connectivity index (χ4v) is 2.54. The molecule has 0 amide bonds. The van der Waals surface area contributed by atoms with Gasteiger partial charge in [-0.3, -0.25) is 14.8 Å². The molecule has 0 N–H and O–H groups in total. The average molecular weight is 367 g/mol. The van der Waals surface area contributed by atoms with E-state index in [1.165, 1.54) is 23.7 Å². The molecule has 3 rings (SSSR count). The molecule has 26 heavy (non-hydrogen) atoms. The van der Waals surface area contributed by atoms with E-state index < -0.39 is 16.7 Å². The fourth-order valence-electron chi connectivity index (χ4n) is 2.54. The number of tetrazole rings is 1. The number of hydrogen-bond donors (Lipinski definition) is 0. The summed E-state index contributed by atoms with van der Waals surface area (Å²) in [5.41, 5.74) is -0.575. The van der Waals surface area contributed by atoms with Crippen molar-refractivity contribution in [1.29, 1.82) is 0 Å². The van der Waals surface area contributed by atoms with Gasteiger partial charge in [0.1, 0.15) is 5.69 Å². The number of nitro groups is 1. The highest BCUT2D eigenvalue weighted by molar-refractivity contribution is 5.67. The monoisotopic (exact) mass is 367 g/mol. The second kappa shape index (κ2) is 6.20. The molecule has 0 saturated heterocycles. The van der Waals surface area contributed by atoms with Gasteiger partial charge in [-0.25, -0.2) is 0 Å². The fraction of sp³-hybridized carbons (Fsp3) is 0.286. The Kier molecular flexibility index (Phi) is 4.18. The molecule has 0 radical (unpaired) electrons. The maximum Gasteiger partial charge on any atom is 0.416 e. The van der Waals surface area contributed by atoms with Gasteiger partial charge in [0.15, 0.2) is 5.69 Å².